The van der Waals surface area contributed by atoms with Crippen LogP contribution in [0.15, 0.2) is 0 Å². The Bertz CT molecular complexity index is 143. The molecule has 0 heterocycles. The first-order valence-electron chi connectivity index (χ1n) is 4.03. The second-order valence-electron chi connectivity index (χ2n) is 3.16. The molecule has 1 atom stereocenters. The fourth-order valence-corrected chi connectivity index (χ4v) is 2.25. The van der Waals surface area contributed by atoms with Crippen LogP contribution >= 0.6 is 27.5 Å². The van der Waals surface area contributed by atoms with E-state index in [0.717, 1.165) is 12.3 Å². The van der Waals surface area contributed by atoms with Gasteiger partial charge in [-0.2, -0.15) is 0 Å². The maximum atomic E-state index is 10.7. The van der Waals surface area contributed by atoms with Gasteiger partial charge in [-0.1, -0.05) is 41.6 Å². The summed E-state index contributed by atoms with van der Waals surface area (Å²) >= 11 is 8.59. The number of carbonyl (C=O) groups excluding carboxylic acids is 1. The third-order valence-electron chi connectivity index (χ3n) is 2.26. The van der Waals surface area contributed by atoms with Crippen molar-refractivity contribution >= 4 is 32.8 Å². The Hall–Kier alpha value is 0.440. The molecule has 1 unspecified atom stereocenters. The number of hydrogen-bond acceptors (Lipinski definition) is 1. The molecular weight excluding hydrogens is 227 g/mol. The van der Waals surface area contributed by atoms with Crippen molar-refractivity contribution in [1.29, 1.82) is 0 Å². The lowest BCUT2D eigenvalue weighted by atomic mass is 10.0. The summed E-state index contributed by atoms with van der Waals surface area (Å²) < 4.78 is 0. The van der Waals surface area contributed by atoms with Gasteiger partial charge in [0.15, 0.2) is 0 Å². The molecular formula is C8H12BrClO. The fraction of sp³-hybridized carbons (Fsp3) is 0.875. The monoisotopic (exact) mass is 238 g/mol. The standard InChI is InChI=1S/C8H12BrClO/c9-7(8(10)11)5-6-3-1-2-4-6/h6-7H,1-5H2. The van der Waals surface area contributed by atoms with Gasteiger partial charge in [0, 0.05) is 0 Å². The van der Waals surface area contributed by atoms with Gasteiger partial charge in [-0.3, -0.25) is 4.79 Å². The molecule has 0 saturated heterocycles. The largest absolute Gasteiger partial charge is 0.280 e. The normalized spacial score (nSPS) is 22.0. The number of alkyl halides is 1. The van der Waals surface area contributed by atoms with E-state index >= 15 is 0 Å². The van der Waals surface area contributed by atoms with Crippen LogP contribution < -0.4 is 0 Å². The van der Waals surface area contributed by atoms with Gasteiger partial charge in [-0.15, -0.1) is 0 Å². The number of hydrogen-bond donors (Lipinski definition) is 0. The molecule has 0 bridgehead atoms. The summed E-state index contributed by atoms with van der Waals surface area (Å²) in [6.07, 6.45) is 6.10. The Kier molecular flexibility index (Phi) is 3.86. The van der Waals surface area contributed by atoms with Crippen molar-refractivity contribution in [2.75, 3.05) is 0 Å². The second kappa shape index (κ2) is 4.46. The van der Waals surface area contributed by atoms with Crippen LogP contribution in [-0.2, 0) is 4.79 Å². The van der Waals surface area contributed by atoms with Crippen LogP contribution in [0.25, 0.3) is 0 Å². The number of carbonyl (C=O) groups is 1. The molecule has 0 amide bonds. The minimum absolute atomic E-state index is 0.118. The summed E-state index contributed by atoms with van der Waals surface area (Å²) in [4.78, 5) is 10.5. The molecule has 1 fully saturated rings. The van der Waals surface area contributed by atoms with Crippen LogP contribution in [0.4, 0.5) is 0 Å². The van der Waals surface area contributed by atoms with E-state index in [1.807, 2.05) is 0 Å². The third kappa shape index (κ3) is 3.12. The molecule has 0 radical (unpaired) electrons. The van der Waals surface area contributed by atoms with Crippen LogP contribution in [0.1, 0.15) is 32.1 Å². The van der Waals surface area contributed by atoms with Crippen molar-refractivity contribution in [2.24, 2.45) is 5.92 Å². The Morgan fingerprint density at radius 2 is 2.09 bits per heavy atom. The lowest BCUT2D eigenvalue weighted by Gasteiger charge is -2.10. The molecule has 0 aromatic heterocycles. The summed E-state index contributed by atoms with van der Waals surface area (Å²) in [6, 6.07) is 0. The highest BCUT2D eigenvalue weighted by Crippen LogP contribution is 2.30. The molecule has 3 heteroatoms. The van der Waals surface area contributed by atoms with Gasteiger partial charge in [-0.25, -0.2) is 0 Å². The van der Waals surface area contributed by atoms with Crippen LogP contribution in [0.2, 0.25) is 0 Å². The van der Waals surface area contributed by atoms with Crippen LogP contribution in [0.3, 0.4) is 0 Å². The van der Waals surface area contributed by atoms with E-state index in [2.05, 4.69) is 15.9 Å². The topological polar surface area (TPSA) is 17.1 Å². The molecule has 1 aliphatic rings. The molecule has 1 aliphatic carbocycles. The number of halogens is 2. The zero-order valence-electron chi connectivity index (χ0n) is 6.35. The molecule has 0 aliphatic heterocycles. The molecule has 0 spiro atoms. The smallest absolute Gasteiger partial charge is 0.235 e. The SMILES string of the molecule is O=C(Cl)C(Br)CC1CCCC1. The lowest BCUT2D eigenvalue weighted by molar-refractivity contribution is -0.111. The Balaban J connectivity index is 2.23. The molecule has 0 N–H and O–H groups in total. The molecule has 0 aromatic carbocycles. The summed E-state index contributed by atoms with van der Waals surface area (Å²) in [5, 5.41) is -0.253. The Morgan fingerprint density at radius 3 is 2.55 bits per heavy atom. The first-order chi connectivity index (χ1) is 5.20. The molecule has 11 heavy (non-hydrogen) atoms. The summed E-state index contributed by atoms with van der Waals surface area (Å²) in [7, 11) is 0. The molecule has 1 rings (SSSR count). The second-order valence-corrected chi connectivity index (χ2v) is 4.64. The first kappa shape index (κ1) is 9.53. The predicted octanol–water partition coefficient (Wildman–Crippen LogP) is 3.10. The van der Waals surface area contributed by atoms with Crippen molar-refractivity contribution in [3.05, 3.63) is 0 Å². The van der Waals surface area contributed by atoms with Gasteiger partial charge in [0.05, 0.1) is 4.83 Å². The van der Waals surface area contributed by atoms with E-state index in [1.165, 1.54) is 25.7 Å². The van der Waals surface area contributed by atoms with Gasteiger partial charge in [0.1, 0.15) is 0 Å². The fourth-order valence-electron chi connectivity index (χ4n) is 1.63. The minimum Gasteiger partial charge on any atom is -0.280 e. The average Bonchev–Trinajstić information content (AvgIpc) is 2.39. The number of rotatable bonds is 3. The zero-order chi connectivity index (χ0) is 8.27. The van der Waals surface area contributed by atoms with Crippen molar-refractivity contribution in [3.8, 4) is 0 Å². The summed E-state index contributed by atoms with van der Waals surface area (Å²) in [6.45, 7) is 0. The molecule has 1 nitrogen and oxygen atoms in total. The van der Waals surface area contributed by atoms with E-state index in [0.29, 0.717) is 0 Å². The maximum absolute atomic E-state index is 10.7. The molecule has 1 saturated carbocycles. The van der Waals surface area contributed by atoms with Crippen LogP contribution in [-0.4, -0.2) is 10.1 Å². The summed E-state index contributed by atoms with van der Waals surface area (Å²) in [5.41, 5.74) is 0. The van der Waals surface area contributed by atoms with Crippen molar-refractivity contribution in [2.45, 2.75) is 36.9 Å². The van der Waals surface area contributed by atoms with E-state index in [1.54, 1.807) is 0 Å². The average molecular weight is 240 g/mol. The third-order valence-corrected chi connectivity index (χ3v) is 3.58. The highest BCUT2D eigenvalue weighted by Gasteiger charge is 2.21. The first-order valence-corrected chi connectivity index (χ1v) is 5.33. The highest BCUT2D eigenvalue weighted by atomic mass is 79.9. The van der Waals surface area contributed by atoms with Gasteiger partial charge < -0.3 is 0 Å². The van der Waals surface area contributed by atoms with E-state index in [-0.39, 0.29) is 10.1 Å². The molecule has 64 valence electrons. The lowest BCUT2D eigenvalue weighted by Crippen LogP contribution is -2.11. The Labute approximate surface area is 80.6 Å². The van der Waals surface area contributed by atoms with Crippen molar-refractivity contribution in [3.63, 3.8) is 0 Å². The van der Waals surface area contributed by atoms with E-state index in [9.17, 15) is 4.79 Å². The Morgan fingerprint density at radius 1 is 1.55 bits per heavy atom. The van der Waals surface area contributed by atoms with Gasteiger partial charge >= 0.3 is 0 Å². The maximum Gasteiger partial charge on any atom is 0.235 e. The van der Waals surface area contributed by atoms with Crippen LogP contribution in [0, 0.1) is 5.92 Å². The van der Waals surface area contributed by atoms with Gasteiger partial charge in [0.25, 0.3) is 0 Å². The van der Waals surface area contributed by atoms with E-state index < -0.39 is 0 Å². The quantitative estimate of drug-likeness (QED) is 0.546. The highest BCUT2D eigenvalue weighted by molar-refractivity contribution is 9.10. The van der Waals surface area contributed by atoms with Crippen molar-refractivity contribution in [1.82, 2.24) is 0 Å². The molecule has 0 aromatic rings. The van der Waals surface area contributed by atoms with Crippen LogP contribution in [0.5, 0.6) is 0 Å². The predicted molar refractivity (Wildman–Crippen MR) is 50.2 cm³/mol. The summed E-state index contributed by atoms with van der Waals surface area (Å²) in [5.74, 6) is 0.724. The van der Waals surface area contributed by atoms with E-state index in [4.69, 9.17) is 11.6 Å². The minimum atomic E-state index is -0.253. The van der Waals surface area contributed by atoms with Gasteiger partial charge in [-0.05, 0) is 23.9 Å². The zero-order valence-corrected chi connectivity index (χ0v) is 8.70. The van der Waals surface area contributed by atoms with Gasteiger partial charge in [0.2, 0.25) is 5.24 Å². The van der Waals surface area contributed by atoms with Crippen molar-refractivity contribution < 1.29 is 4.79 Å².